The van der Waals surface area contributed by atoms with E-state index < -0.39 is 0 Å². The van der Waals surface area contributed by atoms with E-state index in [1.807, 2.05) is 12.1 Å². The first kappa shape index (κ1) is 15.2. The maximum Gasteiger partial charge on any atom is 0.261 e. The molecule has 5 heteroatoms. The summed E-state index contributed by atoms with van der Waals surface area (Å²) in [6.45, 7) is 6.43. The molecule has 1 aromatic rings. The quantitative estimate of drug-likeness (QED) is 0.766. The van der Waals surface area contributed by atoms with Crippen LogP contribution < -0.4 is 5.32 Å². The third-order valence-electron chi connectivity index (χ3n) is 2.55. The number of amides is 1. The molecule has 0 radical (unpaired) electrons. The molecule has 0 saturated heterocycles. The highest BCUT2D eigenvalue weighted by Gasteiger charge is 2.26. The minimum absolute atomic E-state index is 0.0153. The van der Waals surface area contributed by atoms with Crippen molar-refractivity contribution in [1.82, 2.24) is 5.32 Å². The summed E-state index contributed by atoms with van der Waals surface area (Å²) < 4.78 is 0.982. The third kappa shape index (κ3) is 4.72. The second kappa shape index (κ2) is 6.34. The van der Waals surface area contributed by atoms with Crippen LogP contribution in [0.15, 0.2) is 15.9 Å². The molecule has 1 amide bonds. The van der Waals surface area contributed by atoms with Gasteiger partial charge in [-0.15, -0.1) is 11.3 Å². The minimum atomic E-state index is 0.0153. The van der Waals surface area contributed by atoms with Crippen LogP contribution in [0.5, 0.6) is 0 Å². The van der Waals surface area contributed by atoms with Gasteiger partial charge >= 0.3 is 0 Å². The standard InChI is InChI=1S/C12H17Br2NOS/c1-12(2,3)9(6-7-13)15-11(16)8-4-5-10(14)17-8/h4-5,9H,6-7H2,1-3H3,(H,15,16). The molecule has 1 unspecified atom stereocenters. The predicted molar refractivity (Wildman–Crippen MR) is 81.1 cm³/mol. The Hall–Kier alpha value is 0.130. The lowest BCUT2D eigenvalue weighted by Gasteiger charge is -2.31. The van der Waals surface area contributed by atoms with E-state index in [9.17, 15) is 4.79 Å². The Labute approximate surface area is 123 Å². The van der Waals surface area contributed by atoms with E-state index in [2.05, 4.69) is 57.9 Å². The van der Waals surface area contributed by atoms with Crippen LogP contribution in [-0.4, -0.2) is 17.3 Å². The Bertz CT molecular complexity index is 384. The van der Waals surface area contributed by atoms with E-state index in [-0.39, 0.29) is 17.4 Å². The van der Waals surface area contributed by atoms with Crippen molar-refractivity contribution in [2.75, 3.05) is 5.33 Å². The topological polar surface area (TPSA) is 29.1 Å². The van der Waals surface area contributed by atoms with Crippen molar-refractivity contribution >= 4 is 49.1 Å². The summed E-state index contributed by atoms with van der Waals surface area (Å²) >= 11 is 8.26. The van der Waals surface area contributed by atoms with Crippen molar-refractivity contribution in [2.24, 2.45) is 5.41 Å². The lowest BCUT2D eigenvalue weighted by atomic mass is 9.85. The van der Waals surface area contributed by atoms with E-state index in [4.69, 9.17) is 0 Å². The first-order chi connectivity index (χ1) is 7.84. The van der Waals surface area contributed by atoms with Crippen molar-refractivity contribution < 1.29 is 4.79 Å². The summed E-state index contributed by atoms with van der Waals surface area (Å²) in [5, 5.41) is 4.00. The lowest BCUT2D eigenvalue weighted by molar-refractivity contribution is 0.0905. The van der Waals surface area contributed by atoms with Gasteiger partial charge in [0.25, 0.3) is 5.91 Å². The maximum absolute atomic E-state index is 12.1. The van der Waals surface area contributed by atoms with E-state index in [1.54, 1.807) is 0 Å². The molecule has 0 aliphatic carbocycles. The fourth-order valence-corrected chi connectivity index (χ4v) is 3.24. The van der Waals surface area contributed by atoms with Crippen molar-refractivity contribution in [1.29, 1.82) is 0 Å². The van der Waals surface area contributed by atoms with Crippen LogP contribution >= 0.6 is 43.2 Å². The molecule has 1 rings (SSSR count). The number of carbonyl (C=O) groups excluding carboxylic acids is 1. The number of thiophene rings is 1. The molecule has 1 N–H and O–H groups in total. The highest BCUT2D eigenvalue weighted by molar-refractivity contribution is 9.11. The average molecular weight is 383 g/mol. The Morgan fingerprint density at radius 2 is 2.12 bits per heavy atom. The predicted octanol–water partition coefficient (Wildman–Crippen LogP) is 4.44. The number of rotatable bonds is 4. The number of hydrogen-bond acceptors (Lipinski definition) is 2. The molecular weight excluding hydrogens is 366 g/mol. The van der Waals surface area contributed by atoms with Gasteiger partial charge in [0.1, 0.15) is 0 Å². The van der Waals surface area contributed by atoms with Crippen molar-refractivity contribution in [3.8, 4) is 0 Å². The molecule has 0 saturated carbocycles. The first-order valence-electron chi connectivity index (χ1n) is 5.46. The van der Waals surface area contributed by atoms with Crippen LogP contribution in [0.25, 0.3) is 0 Å². The molecular formula is C12H17Br2NOS. The number of hydrogen-bond donors (Lipinski definition) is 1. The SMILES string of the molecule is CC(C)(C)C(CCBr)NC(=O)c1ccc(Br)s1. The Kier molecular flexibility index (Phi) is 5.67. The Morgan fingerprint density at radius 3 is 2.53 bits per heavy atom. The summed E-state index contributed by atoms with van der Waals surface area (Å²) in [7, 11) is 0. The van der Waals surface area contributed by atoms with Gasteiger partial charge in [0.05, 0.1) is 8.66 Å². The minimum Gasteiger partial charge on any atom is -0.348 e. The molecule has 0 spiro atoms. The summed E-state index contributed by atoms with van der Waals surface area (Å²) in [4.78, 5) is 12.8. The zero-order chi connectivity index (χ0) is 13.1. The molecule has 0 aliphatic rings. The molecule has 17 heavy (non-hydrogen) atoms. The van der Waals surface area contributed by atoms with E-state index in [0.717, 1.165) is 20.4 Å². The fourth-order valence-electron chi connectivity index (χ4n) is 1.50. The van der Waals surface area contributed by atoms with Gasteiger partial charge in [0.15, 0.2) is 0 Å². The van der Waals surface area contributed by atoms with Crippen LogP contribution in [0.1, 0.15) is 36.9 Å². The summed E-state index contributed by atoms with van der Waals surface area (Å²) in [6, 6.07) is 3.92. The number of alkyl halides is 1. The normalized spacial score (nSPS) is 13.5. The zero-order valence-electron chi connectivity index (χ0n) is 10.2. The molecule has 0 aliphatic heterocycles. The van der Waals surface area contributed by atoms with Gasteiger partial charge in [-0.3, -0.25) is 4.79 Å². The van der Waals surface area contributed by atoms with Crippen molar-refractivity contribution in [3.05, 3.63) is 20.8 Å². The van der Waals surface area contributed by atoms with Gasteiger partial charge in [0, 0.05) is 11.4 Å². The molecule has 1 aromatic heterocycles. The number of carbonyl (C=O) groups is 1. The second-order valence-corrected chi connectivity index (χ2v) is 8.23. The highest BCUT2D eigenvalue weighted by Crippen LogP contribution is 2.25. The van der Waals surface area contributed by atoms with Crippen molar-refractivity contribution in [2.45, 2.75) is 33.2 Å². The molecule has 0 bridgehead atoms. The summed E-state index contributed by atoms with van der Waals surface area (Å²) in [5.41, 5.74) is 0.0674. The van der Waals surface area contributed by atoms with Gasteiger partial charge in [-0.2, -0.15) is 0 Å². The largest absolute Gasteiger partial charge is 0.348 e. The third-order valence-corrected chi connectivity index (χ3v) is 4.63. The van der Waals surface area contributed by atoms with E-state index in [1.165, 1.54) is 11.3 Å². The van der Waals surface area contributed by atoms with E-state index >= 15 is 0 Å². The van der Waals surface area contributed by atoms with Crippen LogP contribution in [-0.2, 0) is 0 Å². The van der Waals surface area contributed by atoms with Crippen LogP contribution in [0.4, 0.5) is 0 Å². The van der Waals surface area contributed by atoms with Crippen LogP contribution in [0.3, 0.4) is 0 Å². The first-order valence-corrected chi connectivity index (χ1v) is 8.20. The smallest absolute Gasteiger partial charge is 0.261 e. The zero-order valence-corrected chi connectivity index (χ0v) is 14.2. The summed E-state index contributed by atoms with van der Waals surface area (Å²) in [5.74, 6) is 0.0153. The molecule has 1 heterocycles. The van der Waals surface area contributed by atoms with Crippen LogP contribution in [0, 0.1) is 5.41 Å². The van der Waals surface area contributed by atoms with Gasteiger partial charge in [-0.1, -0.05) is 36.7 Å². The highest BCUT2D eigenvalue weighted by atomic mass is 79.9. The monoisotopic (exact) mass is 381 g/mol. The average Bonchev–Trinajstić information content (AvgIpc) is 2.62. The van der Waals surface area contributed by atoms with Gasteiger partial charge in [-0.05, 0) is 39.9 Å². The van der Waals surface area contributed by atoms with Crippen LogP contribution in [0.2, 0.25) is 0 Å². The van der Waals surface area contributed by atoms with Gasteiger partial charge in [-0.25, -0.2) is 0 Å². The van der Waals surface area contributed by atoms with Gasteiger partial charge in [0.2, 0.25) is 0 Å². The van der Waals surface area contributed by atoms with Crippen molar-refractivity contribution in [3.63, 3.8) is 0 Å². The molecule has 96 valence electrons. The Morgan fingerprint density at radius 1 is 1.47 bits per heavy atom. The maximum atomic E-state index is 12.1. The lowest BCUT2D eigenvalue weighted by Crippen LogP contribution is -2.43. The number of halogens is 2. The molecule has 0 fully saturated rings. The summed E-state index contributed by atoms with van der Waals surface area (Å²) in [6.07, 6.45) is 0.932. The van der Waals surface area contributed by atoms with E-state index in [0.29, 0.717) is 0 Å². The molecule has 2 nitrogen and oxygen atoms in total. The second-order valence-electron chi connectivity index (χ2n) is 4.97. The van der Waals surface area contributed by atoms with Gasteiger partial charge < -0.3 is 5.32 Å². The molecule has 0 aromatic carbocycles. The molecule has 1 atom stereocenters. The number of nitrogens with one attached hydrogen (secondary N) is 1. The Balaban J connectivity index is 2.71. The fraction of sp³-hybridized carbons (Fsp3) is 0.583.